The fourth-order valence-electron chi connectivity index (χ4n) is 3.00. The van der Waals surface area contributed by atoms with E-state index in [0.717, 1.165) is 16.8 Å². The van der Waals surface area contributed by atoms with Crippen LogP contribution >= 0.6 is 11.6 Å². The van der Waals surface area contributed by atoms with Crippen LogP contribution in [-0.2, 0) is 6.54 Å². The lowest BCUT2D eigenvalue weighted by molar-refractivity contribution is 0.0696. The molecule has 0 spiro atoms. The number of carboxylic acid groups (broad SMARTS) is 2. The van der Waals surface area contributed by atoms with Crippen LogP contribution in [0, 0.1) is 6.92 Å². The fraction of sp³-hybridized carbons (Fsp3) is 0.0909. The number of carboxylic acids is 2. The van der Waals surface area contributed by atoms with Crippen molar-refractivity contribution in [2.45, 2.75) is 13.5 Å². The molecular weight excluding hydrogens is 378 g/mol. The molecule has 0 aliphatic rings. The van der Waals surface area contributed by atoms with E-state index < -0.39 is 11.9 Å². The zero-order valence-corrected chi connectivity index (χ0v) is 15.8. The van der Waals surface area contributed by atoms with Crippen LogP contribution in [0.15, 0.2) is 60.7 Å². The smallest absolute Gasteiger partial charge is 0.335 e. The number of nitrogens with one attached hydrogen (secondary N) is 1. The molecular formula is C22H18ClNO4. The summed E-state index contributed by atoms with van der Waals surface area (Å²) in [7, 11) is 0. The van der Waals surface area contributed by atoms with Gasteiger partial charge < -0.3 is 15.5 Å². The minimum atomic E-state index is -1.16. The van der Waals surface area contributed by atoms with Crippen molar-refractivity contribution in [1.82, 2.24) is 0 Å². The van der Waals surface area contributed by atoms with Crippen molar-refractivity contribution < 1.29 is 19.8 Å². The normalized spacial score (nSPS) is 10.5. The van der Waals surface area contributed by atoms with Gasteiger partial charge in [-0.25, -0.2) is 9.59 Å². The highest BCUT2D eigenvalue weighted by Crippen LogP contribution is 2.31. The summed E-state index contributed by atoms with van der Waals surface area (Å²) in [5.41, 5.74) is 3.23. The van der Waals surface area contributed by atoms with Crippen LogP contribution in [0.1, 0.15) is 31.8 Å². The van der Waals surface area contributed by atoms with Gasteiger partial charge in [0.2, 0.25) is 0 Å². The first-order valence-electron chi connectivity index (χ1n) is 8.55. The van der Waals surface area contributed by atoms with E-state index in [1.165, 1.54) is 19.1 Å². The van der Waals surface area contributed by atoms with Crippen LogP contribution < -0.4 is 5.32 Å². The molecule has 0 saturated carbocycles. The minimum absolute atomic E-state index is 0.0256. The van der Waals surface area contributed by atoms with Crippen molar-refractivity contribution in [1.29, 1.82) is 0 Å². The fourth-order valence-corrected chi connectivity index (χ4v) is 3.13. The summed E-state index contributed by atoms with van der Waals surface area (Å²) in [6.45, 7) is 2.04. The number of anilines is 1. The number of para-hydroxylation sites is 1. The zero-order valence-electron chi connectivity index (χ0n) is 15.1. The van der Waals surface area contributed by atoms with E-state index in [1.54, 1.807) is 0 Å². The molecule has 0 atom stereocenters. The van der Waals surface area contributed by atoms with E-state index in [4.69, 9.17) is 11.6 Å². The molecule has 0 aromatic heterocycles. The number of hydrogen-bond donors (Lipinski definition) is 3. The second-order valence-electron chi connectivity index (χ2n) is 6.33. The highest BCUT2D eigenvalue weighted by molar-refractivity contribution is 6.30. The summed E-state index contributed by atoms with van der Waals surface area (Å²) in [5, 5.41) is 22.9. The molecule has 0 aliphatic carbocycles. The molecule has 0 heterocycles. The molecule has 3 rings (SSSR count). The first kappa shape index (κ1) is 19.5. The molecule has 0 aliphatic heterocycles. The van der Waals surface area contributed by atoms with Crippen molar-refractivity contribution in [2.75, 3.05) is 5.32 Å². The summed E-state index contributed by atoms with van der Waals surface area (Å²) in [6.07, 6.45) is 0. The van der Waals surface area contributed by atoms with Gasteiger partial charge in [-0.2, -0.15) is 0 Å². The molecule has 3 aromatic rings. The second kappa shape index (κ2) is 8.15. The Kier molecular flexibility index (Phi) is 5.66. The molecule has 3 aromatic carbocycles. The molecule has 3 N–H and O–H groups in total. The molecule has 0 radical (unpaired) electrons. The molecule has 6 heteroatoms. The average Bonchev–Trinajstić information content (AvgIpc) is 2.67. The standard InChI is InChI=1S/C22H18ClNO4/c1-13-18(21(25)26)10-15(11-19(13)22(27)28)17-4-2-3-5-20(17)24-12-14-6-8-16(23)9-7-14/h2-11,24H,12H2,1H3,(H,25,26)(H,27,28). The van der Waals surface area contributed by atoms with Crippen LogP contribution in [0.4, 0.5) is 5.69 Å². The Balaban J connectivity index is 2.01. The van der Waals surface area contributed by atoms with E-state index in [1.807, 2.05) is 48.5 Å². The number of carbonyl (C=O) groups is 2. The van der Waals surface area contributed by atoms with E-state index in [2.05, 4.69) is 5.32 Å². The largest absolute Gasteiger partial charge is 0.478 e. The third kappa shape index (κ3) is 4.15. The predicted molar refractivity (Wildman–Crippen MR) is 109 cm³/mol. The Morgan fingerprint density at radius 2 is 1.50 bits per heavy atom. The predicted octanol–water partition coefficient (Wildman–Crippen LogP) is 5.32. The Bertz CT molecular complexity index is 1010. The summed E-state index contributed by atoms with van der Waals surface area (Å²) < 4.78 is 0. The van der Waals surface area contributed by atoms with Gasteiger partial charge >= 0.3 is 11.9 Å². The molecule has 142 valence electrons. The maximum atomic E-state index is 11.6. The quantitative estimate of drug-likeness (QED) is 0.525. The third-order valence-electron chi connectivity index (χ3n) is 4.50. The Hall–Kier alpha value is -3.31. The minimum Gasteiger partial charge on any atom is -0.478 e. The second-order valence-corrected chi connectivity index (χ2v) is 6.77. The molecule has 0 bridgehead atoms. The first-order chi connectivity index (χ1) is 13.4. The van der Waals surface area contributed by atoms with Crippen molar-refractivity contribution in [3.8, 4) is 11.1 Å². The van der Waals surface area contributed by atoms with Gasteiger partial charge in [-0.1, -0.05) is 41.9 Å². The number of aromatic carboxylic acids is 2. The Morgan fingerprint density at radius 1 is 0.929 bits per heavy atom. The Morgan fingerprint density at radius 3 is 2.07 bits per heavy atom. The van der Waals surface area contributed by atoms with Gasteiger partial charge in [0.15, 0.2) is 0 Å². The van der Waals surface area contributed by atoms with E-state index >= 15 is 0 Å². The van der Waals surface area contributed by atoms with Gasteiger partial charge in [-0.3, -0.25) is 0 Å². The summed E-state index contributed by atoms with van der Waals surface area (Å²) in [5.74, 6) is -2.32. The van der Waals surface area contributed by atoms with Gasteiger partial charge in [-0.05, 0) is 53.9 Å². The monoisotopic (exact) mass is 395 g/mol. The van der Waals surface area contributed by atoms with Gasteiger partial charge in [0.25, 0.3) is 0 Å². The van der Waals surface area contributed by atoms with Crippen LogP contribution in [0.5, 0.6) is 0 Å². The average molecular weight is 396 g/mol. The molecule has 0 saturated heterocycles. The van der Waals surface area contributed by atoms with Gasteiger partial charge in [0.05, 0.1) is 11.1 Å². The van der Waals surface area contributed by atoms with E-state index in [9.17, 15) is 19.8 Å². The summed E-state index contributed by atoms with van der Waals surface area (Å²) in [6, 6.07) is 17.8. The van der Waals surface area contributed by atoms with Gasteiger partial charge in [-0.15, -0.1) is 0 Å². The SMILES string of the molecule is Cc1c(C(=O)O)cc(-c2ccccc2NCc2ccc(Cl)cc2)cc1C(=O)O. The highest BCUT2D eigenvalue weighted by atomic mass is 35.5. The third-order valence-corrected chi connectivity index (χ3v) is 4.75. The maximum absolute atomic E-state index is 11.6. The molecule has 28 heavy (non-hydrogen) atoms. The van der Waals surface area contributed by atoms with Crippen molar-refractivity contribution in [3.05, 3.63) is 87.9 Å². The number of benzene rings is 3. The number of halogens is 1. The number of rotatable bonds is 6. The lowest BCUT2D eigenvalue weighted by atomic mass is 9.94. The van der Waals surface area contributed by atoms with Crippen LogP contribution in [0.25, 0.3) is 11.1 Å². The van der Waals surface area contributed by atoms with E-state index in [0.29, 0.717) is 17.1 Å². The van der Waals surface area contributed by atoms with Crippen molar-refractivity contribution in [3.63, 3.8) is 0 Å². The summed E-state index contributed by atoms with van der Waals surface area (Å²) >= 11 is 5.91. The van der Waals surface area contributed by atoms with Crippen LogP contribution in [-0.4, -0.2) is 22.2 Å². The Labute approximate surface area is 167 Å². The van der Waals surface area contributed by atoms with E-state index in [-0.39, 0.29) is 16.7 Å². The lowest BCUT2D eigenvalue weighted by Gasteiger charge is -2.15. The van der Waals surface area contributed by atoms with Crippen LogP contribution in [0.2, 0.25) is 5.02 Å². The molecule has 0 fully saturated rings. The molecule has 5 nitrogen and oxygen atoms in total. The molecule has 0 amide bonds. The number of hydrogen-bond acceptors (Lipinski definition) is 3. The first-order valence-corrected chi connectivity index (χ1v) is 8.93. The van der Waals surface area contributed by atoms with Crippen molar-refractivity contribution in [2.24, 2.45) is 0 Å². The van der Waals surface area contributed by atoms with Crippen molar-refractivity contribution >= 4 is 29.2 Å². The molecule has 0 unspecified atom stereocenters. The highest BCUT2D eigenvalue weighted by Gasteiger charge is 2.18. The van der Waals surface area contributed by atoms with Gasteiger partial charge in [0.1, 0.15) is 0 Å². The van der Waals surface area contributed by atoms with Gasteiger partial charge in [0, 0.05) is 22.8 Å². The maximum Gasteiger partial charge on any atom is 0.335 e. The van der Waals surface area contributed by atoms with Crippen LogP contribution in [0.3, 0.4) is 0 Å². The summed E-state index contributed by atoms with van der Waals surface area (Å²) in [4.78, 5) is 23.2. The zero-order chi connectivity index (χ0) is 20.3. The lowest BCUT2D eigenvalue weighted by Crippen LogP contribution is -2.08. The topological polar surface area (TPSA) is 86.6 Å².